The first-order chi connectivity index (χ1) is 16.7. The van der Waals surface area contributed by atoms with Gasteiger partial charge in [0.2, 0.25) is 0 Å². The molecule has 0 aliphatic heterocycles. The van der Waals surface area contributed by atoms with E-state index in [4.69, 9.17) is 0 Å². The normalized spacial score (nSPS) is 14.3. The Morgan fingerprint density at radius 3 is 2.23 bits per heavy atom. The van der Waals surface area contributed by atoms with Gasteiger partial charge in [0.25, 0.3) is 0 Å². The lowest BCUT2D eigenvalue weighted by atomic mass is 9.90. The number of alkyl halides is 2. The van der Waals surface area contributed by atoms with E-state index in [2.05, 4.69) is 17.9 Å². The molecular formula is C29H20F6. The van der Waals surface area contributed by atoms with Crippen molar-refractivity contribution in [2.45, 2.75) is 32.1 Å². The Balaban J connectivity index is 1.65. The van der Waals surface area contributed by atoms with Crippen LogP contribution in [0.4, 0.5) is 26.3 Å². The van der Waals surface area contributed by atoms with Gasteiger partial charge in [-0.3, -0.25) is 0 Å². The molecule has 1 aliphatic carbocycles. The molecule has 0 aromatic heterocycles. The van der Waals surface area contributed by atoms with Gasteiger partial charge in [-0.2, -0.15) is 8.78 Å². The van der Waals surface area contributed by atoms with Gasteiger partial charge in [0.15, 0.2) is 5.83 Å². The average Bonchev–Trinajstić information content (AvgIpc) is 2.80. The Kier molecular flexibility index (Phi) is 6.88. The summed E-state index contributed by atoms with van der Waals surface area (Å²) < 4.78 is 84.8. The third-order valence-electron chi connectivity index (χ3n) is 5.77. The molecule has 0 nitrogen and oxygen atoms in total. The van der Waals surface area contributed by atoms with Crippen molar-refractivity contribution in [2.24, 2.45) is 0 Å². The Morgan fingerprint density at radius 1 is 0.886 bits per heavy atom. The van der Waals surface area contributed by atoms with Crippen LogP contribution in [-0.4, -0.2) is 5.92 Å². The summed E-state index contributed by atoms with van der Waals surface area (Å²) >= 11 is 0. The Hall–Kier alpha value is -3.72. The van der Waals surface area contributed by atoms with Crippen molar-refractivity contribution in [1.82, 2.24) is 0 Å². The van der Waals surface area contributed by atoms with Crippen LogP contribution in [0.2, 0.25) is 0 Å². The summed E-state index contributed by atoms with van der Waals surface area (Å²) in [6, 6.07) is 11.4. The minimum absolute atomic E-state index is 0.0804. The van der Waals surface area contributed by atoms with Gasteiger partial charge in [-0.1, -0.05) is 48.3 Å². The fourth-order valence-electron chi connectivity index (χ4n) is 3.91. The first kappa shape index (κ1) is 24.4. The summed E-state index contributed by atoms with van der Waals surface area (Å²) in [5, 5.41) is 0. The van der Waals surface area contributed by atoms with Crippen LogP contribution in [-0.2, 0) is 12.8 Å². The summed E-state index contributed by atoms with van der Waals surface area (Å²) in [6.07, 6.45) is 5.29. The maximum Gasteiger partial charge on any atom is 0.302 e. The van der Waals surface area contributed by atoms with Gasteiger partial charge < -0.3 is 0 Å². The highest BCUT2D eigenvalue weighted by molar-refractivity contribution is 5.67. The minimum Gasteiger partial charge on any atom is -0.207 e. The van der Waals surface area contributed by atoms with E-state index in [1.165, 1.54) is 0 Å². The lowest BCUT2D eigenvalue weighted by molar-refractivity contribution is 0.0185. The van der Waals surface area contributed by atoms with Gasteiger partial charge in [0.1, 0.15) is 17.5 Å². The van der Waals surface area contributed by atoms with E-state index >= 15 is 0 Å². The molecule has 1 aliphatic rings. The van der Waals surface area contributed by atoms with Gasteiger partial charge in [-0.25, -0.2) is 17.6 Å². The summed E-state index contributed by atoms with van der Waals surface area (Å²) in [6.45, 7) is 1.95. The smallest absolute Gasteiger partial charge is 0.207 e. The van der Waals surface area contributed by atoms with E-state index in [0.717, 1.165) is 42.7 Å². The molecule has 0 fully saturated rings. The highest BCUT2D eigenvalue weighted by Crippen LogP contribution is 2.38. The van der Waals surface area contributed by atoms with Crippen LogP contribution >= 0.6 is 0 Å². The predicted molar refractivity (Wildman–Crippen MR) is 125 cm³/mol. The van der Waals surface area contributed by atoms with Crippen molar-refractivity contribution >= 4 is 6.08 Å². The lowest BCUT2D eigenvalue weighted by Crippen LogP contribution is -2.25. The molecule has 0 heterocycles. The van der Waals surface area contributed by atoms with Gasteiger partial charge in [-0.15, -0.1) is 0 Å². The number of hydrogen-bond acceptors (Lipinski definition) is 0. The molecular weight excluding hydrogens is 462 g/mol. The van der Waals surface area contributed by atoms with Crippen LogP contribution < -0.4 is 0 Å². The number of benzene rings is 3. The Bertz CT molecular complexity index is 1360. The summed E-state index contributed by atoms with van der Waals surface area (Å²) in [7, 11) is 0. The summed E-state index contributed by atoms with van der Waals surface area (Å²) in [5.74, 6) is -3.45. The molecule has 4 rings (SSSR count). The van der Waals surface area contributed by atoms with Crippen LogP contribution in [0.25, 0.3) is 17.2 Å². The maximum atomic E-state index is 14.8. The molecule has 0 bridgehead atoms. The predicted octanol–water partition coefficient (Wildman–Crippen LogP) is 8.18. The van der Waals surface area contributed by atoms with Crippen molar-refractivity contribution in [2.75, 3.05) is 0 Å². The number of halogens is 6. The first-order valence-corrected chi connectivity index (χ1v) is 11.0. The molecule has 0 radical (unpaired) electrons. The second-order valence-corrected chi connectivity index (χ2v) is 8.26. The van der Waals surface area contributed by atoms with Crippen LogP contribution in [0.1, 0.15) is 41.2 Å². The van der Waals surface area contributed by atoms with Crippen LogP contribution in [0.3, 0.4) is 0 Å². The standard InChI is InChI=1S/C29H20F6/c1-2-3-4-5-18-6-8-19(9-7-18)21-14-26(31)24(27(32)15-21)11-10-20-12-23(30)13-22-16-28(33)29(34,35)17-25(20)22/h2-3,6-9,12-16H,4-5,17H2,1H3/b3-2+. The number of fused-ring (bicyclic) bond motifs is 1. The van der Waals surface area contributed by atoms with Crippen molar-refractivity contribution in [3.63, 3.8) is 0 Å². The summed E-state index contributed by atoms with van der Waals surface area (Å²) in [5.41, 5.74) is 1.11. The third kappa shape index (κ3) is 5.35. The second kappa shape index (κ2) is 9.87. The number of rotatable bonds is 4. The molecule has 6 heteroatoms. The molecule has 0 amide bonds. The van der Waals surface area contributed by atoms with E-state index in [0.29, 0.717) is 17.2 Å². The number of allylic oxidation sites excluding steroid dienone is 3. The molecule has 0 atom stereocenters. The molecule has 3 aromatic carbocycles. The fraction of sp³-hybridized carbons (Fsp3) is 0.172. The van der Waals surface area contributed by atoms with Gasteiger partial charge >= 0.3 is 5.92 Å². The zero-order valence-corrected chi connectivity index (χ0v) is 18.7. The Labute approximate surface area is 199 Å². The molecule has 0 saturated heterocycles. The molecule has 0 saturated carbocycles. The monoisotopic (exact) mass is 482 g/mol. The highest BCUT2D eigenvalue weighted by atomic mass is 19.3. The van der Waals surface area contributed by atoms with Crippen molar-refractivity contribution < 1.29 is 26.3 Å². The molecule has 0 unspecified atom stereocenters. The average molecular weight is 482 g/mol. The topological polar surface area (TPSA) is 0 Å². The van der Waals surface area contributed by atoms with E-state index in [1.807, 2.05) is 25.1 Å². The quantitative estimate of drug-likeness (QED) is 0.200. The zero-order valence-electron chi connectivity index (χ0n) is 18.7. The molecule has 35 heavy (non-hydrogen) atoms. The molecule has 178 valence electrons. The number of hydrogen-bond donors (Lipinski definition) is 0. The fourth-order valence-corrected chi connectivity index (χ4v) is 3.91. The van der Waals surface area contributed by atoms with Crippen molar-refractivity contribution in [1.29, 1.82) is 0 Å². The van der Waals surface area contributed by atoms with E-state index in [-0.39, 0.29) is 16.7 Å². The largest absolute Gasteiger partial charge is 0.302 e. The van der Waals surface area contributed by atoms with E-state index in [9.17, 15) is 26.3 Å². The van der Waals surface area contributed by atoms with Gasteiger partial charge in [0, 0.05) is 12.0 Å². The first-order valence-electron chi connectivity index (χ1n) is 11.0. The van der Waals surface area contributed by atoms with Crippen LogP contribution in [0.15, 0.2) is 66.5 Å². The van der Waals surface area contributed by atoms with Crippen LogP contribution in [0.5, 0.6) is 0 Å². The van der Waals surface area contributed by atoms with Crippen molar-refractivity contribution in [3.05, 3.63) is 112 Å². The second-order valence-electron chi connectivity index (χ2n) is 8.26. The minimum atomic E-state index is -3.76. The number of aryl methyl sites for hydroxylation is 1. The lowest BCUT2D eigenvalue weighted by Gasteiger charge is -2.22. The SMILES string of the molecule is C/C=C/CCc1ccc(-c2cc(F)c(C#Cc3cc(F)cc4c3CC(F)(F)C(F)=C4)c(F)c2)cc1. The van der Waals surface area contributed by atoms with E-state index in [1.54, 1.807) is 12.1 Å². The Morgan fingerprint density at radius 2 is 1.57 bits per heavy atom. The third-order valence-corrected chi connectivity index (χ3v) is 5.77. The zero-order chi connectivity index (χ0) is 25.2. The van der Waals surface area contributed by atoms with Gasteiger partial charge in [0.05, 0.1) is 5.56 Å². The van der Waals surface area contributed by atoms with Gasteiger partial charge in [-0.05, 0) is 77.9 Å². The molecule has 3 aromatic rings. The summed E-state index contributed by atoms with van der Waals surface area (Å²) in [4.78, 5) is 0. The van der Waals surface area contributed by atoms with E-state index < -0.39 is 41.2 Å². The maximum absolute atomic E-state index is 14.8. The van der Waals surface area contributed by atoms with Crippen molar-refractivity contribution in [3.8, 4) is 23.0 Å². The van der Waals surface area contributed by atoms with Crippen LogP contribution in [0, 0.1) is 29.3 Å². The molecule has 0 spiro atoms. The molecule has 0 N–H and O–H groups in total. The highest BCUT2D eigenvalue weighted by Gasteiger charge is 2.40.